The van der Waals surface area contributed by atoms with Gasteiger partial charge in [0.25, 0.3) is 0 Å². The van der Waals surface area contributed by atoms with Crippen LogP contribution in [0.3, 0.4) is 0 Å². The van der Waals surface area contributed by atoms with Crippen molar-refractivity contribution in [3.05, 3.63) is 54.6 Å². The molecule has 0 atom stereocenters. The van der Waals surface area contributed by atoms with Crippen molar-refractivity contribution in [1.82, 2.24) is 20.1 Å². The van der Waals surface area contributed by atoms with Crippen LogP contribution in [0.5, 0.6) is 0 Å². The molecular formula is C16H17ClN4OS. The minimum Gasteiger partial charge on any atom is -0.352 e. The first-order valence-corrected chi connectivity index (χ1v) is 8.32. The number of allylic oxidation sites excluding steroid dienone is 1. The lowest BCUT2D eigenvalue weighted by molar-refractivity contribution is -0.118. The maximum Gasteiger partial charge on any atom is 0.230 e. The molecule has 0 aliphatic carbocycles. The highest BCUT2D eigenvalue weighted by atomic mass is 35.5. The summed E-state index contributed by atoms with van der Waals surface area (Å²) in [5.74, 6) is 0.913. The fraction of sp³-hybridized carbons (Fsp3) is 0.188. The Labute approximate surface area is 144 Å². The van der Waals surface area contributed by atoms with Crippen LogP contribution in [0.15, 0.2) is 54.7 Å². The average Bonchev–Trinajstić information content (AvgIpc) is 2.95. The van der Waals surface area contributed by atoms with E-state index in [1.54, 1.807) is 24.3 Å². The molecule has 23 heavy (non-hydrogen) atoms. The molecule has 0 fully saturated rings. The first kappa shape index (κ1) is 17.3. The third kappa shape index (κ3) is 4.71. The van der Waals surface area contributed by atoms with E-state index in [0.717, 1.165) is 11.4 Å². The Morgan fingerprint density at radius 3 is 2.65 bits per heavy atom. The summed E-state index contributed by atoms with van der Waals surface area (Å²) in [6, 6.07) is 7.38. The van der Waals surface area contributed by atoms with E-state index < -0.39 is 0 Å². The van der Waals surface area contributed by atoms with Crippen LogP contribution in [0.4, 0.5) is 0 Å². The number of halogens is 1. The van der Waals surface area contributed by atoms with E-state index in [1.807, 2.05) is 16.7 Å². The molecule has 0 aliphatic heterocycles. The van der Waals surface area contributed by atoms with Gasteiger partial charge in [-0.05, 0) is 24.3 Å². The van der Waals surface area contributed by atoms with E-state index in [1.165, 1.54) is 11.8 Å². The molecule has 1 heterocycles. The highest BCUT2D eigenvalue weighted by Crippen LogP contribution is 2.25. The molecular weight excluding hydrogens is 332 g/mol. The highest BCUT2D eigenvalue weighted by molar-refractivity contribution is 7.99. The van der Waals surface area contributed by atoms with E-state index in [2.05, 4.69) is 28.7 Å². The Morgan fingerprint density at radius 2 is 2.00 bits per heavy atom. The number of hydrogen-bond acceptors (Lipinski definition) is 4. The fourth-order valence-electron chi connectivity index (χ4n) is 1.87. The molecule has 2 aromatic rings. The van der Waals surface area contributed by atoms with Gasteiger partial charge in [-0.25, -0.2) is 0 Å². The molecule has 1 N–H and O–H groups in total. The first-order valence-electron chi connectivity index (χ1n) is 6.96. The second kappa shape index (κ2) is 8.55. The highest BCUT2D eigenvalue weighted by Gasteiger charge is 2.14. The molecule has 0 bridgehead atoms. The van der Waals surface area contributed by atoms with Crippen LogP contribution in [-0.4, -0.2) is 33.0 Å². The van der Waals surface area contributed by atoms with Gasteiger partial charge in [-0.3, -0.25) is 9.36 Å². The second-order valence-electron chi connectivity index (χ2n) is 4.59. The van der Waals surface area contributed by atoms with Gasteiger partial charge in [-0.15, -0.1) is 23.4 Å². The standard InChI is InChI=1S/C16H17ClN4OS/c1-3-9-18-14(22)11-23-16-20-19-15(21(16)10-4-2)12-5-7-13(17)8-6-12/h3-8H,1-2,9-11H2,(H,18,22). The van der Waals surface area contributed by atoms with Crippen LogP contribution >= 0.6 is 23.4 Å². The molecule has 1 aromatic heterocycles. The monoisotopic (exact) mass is 348 g/mol. The van der Waals surface area contributed by atoms with Gasteiger partial charge in [0.1, 0.15) is 0 Å². The van der Waals surface area contributed by atoms with Gasteiger partial charge in [0.2, 0.25) is 5.91 Å². The van der Waals surface area contributed by atoms with Crippen molar-refractivity contribution in [1.29, 1.82) is 0 Å². The maximum atomic E-state index is 11.7. The van der Waals surface area contributed by atoms with E-state index in [9.17, 15) is 4.79 Å². The molecule has 0 saturated carbocycles. The third-order valence-corrected chi connectivity index (χ3v) is 4.13. The normalized spacial score (nSPS) is 10.3. The van der Waals surface area contributed by atoms with E-state index in [4.69, 9.17) is 11.6 Å². The molecule has 0 unspecified atom stereocenters. The molecule has 0 aliphatic rings. The lowest BCUT2D eigenvalue weighted by atomic mass is 10.2. The molecule has 2 rings (SSSR count). The Hall–Kier alpha value is -2.05. The molecule has 0 spiro atoms. The quantitative estimate of drug-likeness (QED) is 0.588. The van der Waals surface area contributed by atoms with Gasteiger partial charge in [0.15, 0.2) is 11.0 Å². The Balaban J connectivity index is 2.17. The fourth-order valence-corrected chi connectivity index (χ4v) is 2.77. The molecule has 0 saturated heterocycles. The molecule has 120 valence electrons. The van der Waals surface area contributed by atoms with Gasteiger partial charge in [-0.2, -0.15) is 0 Å². The van der Waals surface area contributed by atoms with Crippen LogP contribution < -0.4 is 5.32 Å². The minimum atomic E-state index is -0.0731. The first-order chi connectivity index (χ1) is 11.2. The molecule has 5 nitrogen and oxygen atoms in total. The van der Waals surface area contributed by atoms with Crippen molar-refractivity contribution < 1.29 is 4.79 Å². The number of aromatic nitrogens is 3. The summed E-state index contributed by atoms with van der Waals surface area (Å²) < 4.78 is 1.92. The third-order valence-electron chi connectivity index (χ3n) is 2.91. The summed E-state index contributed by atoms with van der Waals surface area (Å²) in [5.41, 5.74) is 0.909. The Morgan fingerprint density at radius 1 is 1.26 bits per heavy atom. The van der Waals surface area contributed by atoms with E-state index in [0.29, 0.717) is 23.3 Å². The molecule has 0 radical (unpaired) electrons. The number of thioether (sulfide) groups is 1. The summed E-state index contributed by atoms with van der Waals surface area (Å²) in [7, 11) is 0. The number of carbonyl (C=O) groups is 1. The number of amides is 1. The van der Waals surface area contributed by atoms with Gasteiger partial charge >= 0.3 is 0 Å². The minimum absolute atomic E-state index is 0.0731. The summed E-state index contributed by atoms with van der Waals surface area (Å²) in [6.45, 7) is 8.34. The second-order valence-corrected chi connectivity index (χ2v) is 5.97. The van der Waals surface area contributed by atoms with Crippen molar-refractivity contribution >= 4 is 29.3 Å². The van der Waals surface area contributed by atoms with Crippen molar-refractivity contribution in [2.45, 2.75) is 11.7 Å². The van der Waals surface area contributed by atoms with Gasteiger partial charge < -0.3 is 5.32 Å². The van der Waals surface area contributed by atoms with E-state index in [-0.39, 0.29) is 11.7 Å². The Kier molecular flexibility index (Phi) is 6.43. The van der Waals surface area contributed by atoms with Crippen LogP contribution in [0.25, 0.3) is 11.4 Å². The van der Waals surface area contributed by atoms with Gasteiger partial charge in [0.05, 0.1) is 5.75 Å². The zero-order chi connectivity index (χ0) is 16.7. The number of hydrogen-bond donors (Lipinski definition) is 1. The smallest absolute Gasteiger partial charge is 0.230 e. The zero-order valence-electron chi connectivity index (χ0n) is 12.5. The van der Waals surface area contributed by atoms with Crippen molar-refractivity contribution in [3.63, 3.8) is 0 Å². The molecule has 1 amide bonds. The number of nitrogens with one attached hydrogen (secondary N) is 1. The molecule has 1 aromatic carbocycles. The maximum absolute atomic E-state index is 11.7. The average molecular weight is 349 g/mol. The zero-order valence-corrected chi connectivity index (χ0v) is 14.1. The van der Waals surface area contributed by atoms with Crippen LogP contribution in [-0.2, 0) is 11.3 Å². The molecule has 7 heteroatoms. The predicted molar refractivity (Wildman–Crippen MR) is 94.6 cm³/mol. The lowest BCUT2D eigenvalue weighted by Gasteiger charge is -2.08. The number of carbonyl (C=O) groups excluding carboxylic acids is 1. The lowest BCUT2D eigenvalue weighted by Crippen LogP contribution is -2.25. The Bertz CT molecular complexity index is 697. The number of nitrogens with zero attached hydrogens (tertiary/aromatic N) is 3. The van der Waals surface area contributed by atoms with Gasteiger partial charge in [-0.1, -0.05) is 35.5 Å². The van der Waals surface area contributed by atoms with Crippen LogP contribution in [0, 0.1) is 0 Å². The summed E-state index contributed by atoms with van der Waals surface area (Å²) in [5, 5.41) is 12.5. The van der Waals surface area contributed by atoms with Crippen LogP contribution in [0.2, 0.25) is 5.02 Å². The number of rotatable bonds is 8. The topological polar surface area (TPSA) is 59.8 Å². The van der Waals surface area contributed by atoms with E-state index >= 15 is 0 Å². The summed E-state index contributed by atoms with van der Waals surface area (Å²) >= 11 is 7.25. The summed E-state index contributed by atoms with van der Waals surface area (Å²) in [6.07, 6.45) is 3.41. The van der Waals surface area contributed by atoms with Crippen molar-refractivity contribution in [3.8, 4) is 11.4 Å². The summed E-state index contributed by atoms with van der Waals surface area (Å²) in [4.78, 5) is 11.7. The van der Waals surface area contributed by atoms with Gasteiger partial charge in [0, 0.05) is 23.7 Å². The SMILES string of the molecule is C=CCNC(=O)CSc1nnc(-c2ccc(Cl)cc2)n1CC=C. The predicted octanol–water partition coefficient (Wildman–Crippen LogP) is 3.18. The largest absolute Gasteiger partial charge is 0.352 e. The van der Waals surface area contributed by atoms with Crippen molar-refractivity contribution in [2.75, 3.05) is 12.3 Å². The number of benzene rings is 1. The van der Waals surface area contributed by atoms with Crippen molar-refractivity contribution in [2.24, 2.45) is 0 Å². The van der Waals surface area contributed by atoms with Crippen LogP contribution in [0.1, 0.15) is 0 Å².